The van der Waals surface area contributed by atoms with Crippen LogP contribution in [0.5, 0.6) is 0 Å². The van der Waals surface area contributed by atoms with Crippen molar-refractivity contribution in [3.8, 4) is 0 Å². The van der Waals surface area contributed by atoms with Gasteiger partial charge in [-0.05, 0) is 43.7 Å². The van der Waals surface area contributed by atoms with Gasteiger partial charge in [0.1, 0.15) is 0 Å². The van der Waals surface area contributed by atoms with Gasteiger partial charge in [-0.15, -0.1) is 11.3 Å². The molecule has 2 aliphatic rings. The van der Waals surface area contributed by atoms with Crippen LogP contribution in [0.4, 0.5) is 5.00 Å². The van der Waals surface area contributed by atoms with Crippen molar-refractivity contribution in [3.63, 3.8) is 0 Å². The van der Waals surface area contributed by atoms with Gasteiger partial charge in [0, 0.05) is 12.5 Å². The summed E-state index contributed by atoms with van der Waals surface area (Å²) in [6, 6.07) is 3.51. The summed E-state index contributed by atoms with van der Waals surface area (Å²) in [7, 11) is 0. The lowest BCUT2D eigenvalue weighted by atomic mass is 9.82. The summed E-state index contributed by atoms with van der Waals surface area (Å²) >= 11 is 1.30. The minimum atomic E-state index is -0.192. The lowest BCUT2D eigenvalue weighted by molar-refractivity contribution is -0.117. The zero-order valence-electron chi connectivity index (χ0n) is 11.1. The summed E-state index contributed by atoms with van der Waals surface area (Å²) in [5.74, 6) is 0.507. The standard InChI is InChI=1S/C14H18N2O3S/c17-10-5-8(6-10)7-15-14(19)11-3-4-12(20-11)16-13(18)9-1-2-9/h3-4,8-10,17H,1-2,5-7H2,(H,15,19)(H,16,18). The van der Waals surface area contributed by atoms with Crippen molar-refractivity contribution in [1.82, 2.24) is 5.32 Å². The van der Waals surface area contributed by atoms with Gasteiger partial charge in [-0.3, -0.25) is 9.59 Å². The van der Waals surface area contributed by atoms with E-state index in [0.29, 0.717) is 17.3 Å². The van der Waals surface area contributed by atoms with E-state index in [2.05, 4.69) is 10.6 Å². The summed E-state index contributed by atoms with van der Waals surface area (Å²) < 4.78 is 0. The largest absolute Gasteiger partial charge is 0.393 e. The summed E-state index contributed by atoms with van der Waals surface area (Å²) in [6.45, 7) is 0.609. The van der Waals surface area contributed by atoms with Crippen LogP contribution in [0.1, 0.15) is 35.4 Å². The molecule has 1 aromatic heterocycles. The Labute approximate surface area is 121 Å². The highest BCUT2D eigenvalue weighted by atomic mass is 32.1. The quantitative estimate of drug-likeness (QED) is 0.772. The highest BCUT2D eigenvalue weighted by molar-refractivity contribution is 7.18. The molecular weight excluding hydrogens is 276 g/mol. The molecule has 2 saturated carbocycles. The molecule has 0 unspecified atom stereocenters. The Balaban J connectivity index is 1.47. The van der Waals surface area contributed by atoms with Crippen LogP contribution in [0.2, 0.25) is 0 Å². The van der Waals surface area contributed by atoms with Crippen LogP contribution in [-0.2, 0) is 4.79 Å². The summed E-state index contributed by atoms with van der Waals surface area (Å²) in [5.41, 5.74) is 0. The molecule has 0 saturated heterocycles. The summed E-state index contributed by atoms with van der Waals surface area (Å²) in [4.78, 5) is 24.2. The minimum Gasteiger partial charge on any atom is -0.393 e. The molecule has 0 bridgehead atoms. The molecule has 5 nitrogen and oxygen atoms in total. The van der Waals surface area contributed by atoms with Crippen LogP contribution >= 0.6 is 11.3 Å². The second kappa shape index (κ2) is 5.54. The minimum absolute atomic E-state index is 0.0577. The average molecular weight is 294 g/mol. The number of hydrogen-bond acceptors (Lipinski definition) is 4. The normalized spacial score (nSPS) is 24.9. The van der Waals surface area contributed by atoms with Crippen LogP contribution in [0.25, 0.3) is 0 Å². The molecule has 0 aromatic carbocycles. The van der Waals surface area contributed by atoms with Crippen molar-refractivity contribution in [2.45, 2.75) is 31.8 Å². The maximum Gasteiger partial charge on any atom is 0.261 e. The third kappa shape index (κ3) is 3.19. The number of nitrogens with one attached hydrogen (secondary N) is 2. The molecular formula is C14H18N2O3S. The van der Waals surface area contributed by atoms with Gasteiger partial charge in [0.15, 0.2) is 0 Å². The second-order valence-corrected chi connectivity index (χ2v) is 6.71. The van der Waals surface area contributed by atoms with E-state index in [1.807, 2.05) is 0 Å². The van der Waals surface area contributed by atoms with Gasteiger partial charge in [-0.1, -0.05) is 0 Å². The van der Waals surface area contributed by atoms with Crippen LogP contribution < -0.4 is 10.6 Å². The maximum atomic E-state index is 11.9. The Hall–Kier alpha value is -1.40. The lowest BCUT2D eigenvalue weighted by Gasteiger charge is -2.31. The first-order chi connectivity index (χ1) is 9.61. The van der Waals surface area contributed by atoms with Crippen LogP contribution in [0.3, 0.4) is 0 Å². The Morgan fingerprint density at radius 3 is 2.70 bits per heavy atom. The number of carbonyl (C=O) groups excluding carboxylic acids is 2. The topological polar surface area (TPSA) is 78.4 Å². The van der Waals surface area contributed by atoms with Crippen molar-refractivity contribution in [2.75, 3.05) is 11.9 Å². The van der Waals surface area contributed by atoms with E-state index < -0.39 is 0 Å². The molecule has 1 aromatic rings. The number of aliphatic hydroxyl groups excluding tert-OH is 1. The summed E-state index contributed by atoms with van der Waals surface area (Å²) in [5, 5.41) is 15.6. The van der Waals surface area contributed by atoms with Gasteiger partial charge in [-0.2, -0.15) is 0 Å². The first-order valence-electron chi connectivity index (χ1n) is 6.99. The highest BCUT2D eigenvalue weighted by Crippen LogP contribution is 2.31. The van der Waals surface area contributed by atoms with E-state index in [9.17, 15) is 14.7 Å². The summed E-state index contributed by atoms with van der Waals surface area (Å²) in [6.07, 6.45) is 3.29. The number of hydrogen-bond donors (Lipinski definition) is 3. The van der Waals surface area contributed by atoms with Crippen molar-refractivity contribution >= 4 is 28.2 Å². The van der Waals surface area contributed by atoms with E-state index in [-0.39, 0.29) is 23.8 Å². The first-order valence-corrected chi connectivity index (χ1v) is 7.80. The molecule has 0 spiro atoms. The molecule has 6 heteroatoms. The van der Waals surface area contributed by atoms with Crippen molar-refractivity contribution in [2.24, 2.45) is 11.8 Å². The van der Waals surface area contributed by atoms with Gasteiger partial charge in [0.25, 0.3) is 5.91 Å². The van der Waals surface area contributed by atoms with Crippen LogP contribution in [0, 0.1) is 11.8 Å². The van der Waals surface area contributed by atoms with Crippen molar-refractivity contribution in [1.29, 1.82) is 0 Å². The van der Waals surface area contributed by atoms with E-state index in [1.54, 1.807) is 12.1 Å². The van der Waals surface area contributed by atoms with Gasteiger partial charge in [-0.25, -0.2) is 0 Å². The number of amides is 2. The van der Waals surface area contributed by atoms with E-state index in [1.165, 1.54) is 11.3 Å². The number of carbonyl (C=O) groups is 2. The molecule has 20 heavy (non-hydrogen) atoms. The SMILES string of the molecule is O=C(NCC1CC(O)C1)c1ccc(NC(=O)C2CC2)s1. The number of thiophene rings is 1. The molecule has 108 valence electrons. The third-order valence-corrected chi connectivity index (χ3v) is 4.79. The zero-order chi connectivity index (χ0) is 14.1. The lowest BCUT2D eigenvalue weighted by Crippen LogP contribution is -2.38. The molecule has 3 rings (SSSR count). The number of aliphatic hydroxyl groups is 1. The average Bonchev–Trinajstić information content (AvgIpc) is 3.14. The Morgan fingerprint density at radius 1 is 1.30 bits per heavy atom. The zero-order valence-corrected chi connectivity index (χ0v) is 11.9. The molecule has 0 atom stereocenters. The molecule has 2 fully saturated rings. The third-order valence-electron chi connectivity index (χ3n) is 3.79. The van der Waals surface area contributed by atoms with Crippen LogP contribution in [-0.4, -0.2) is 29.6 Å². The van der Waals surface area contributed by atoms with Gasteiger partial charge in [0.05, 0.1) is 16.0 Å². The maximum absolute atomic E-state index is 11.9. The first kappa shape index (κ1) is 13.6. The van der Waals surface area contributed by atoms with E-state index >= 15 is 0 Å². The number of anilines is 1. The predicted octanol–water partition coefficient (Wildman–Crippen LogP) is 1.60. The molecule has 2 amide bonds. The van der Waals surface area contributed by atoms with Crippen molar-refractivity contribution < 1.29 is 14.7 Å². The molecule has 0 radical (unpaired) electrons. The molecule has 0 aliphatic heterocycles. The highest BCUT2D eigenvalue weighted by Gasteiger charge is 2.30. The smallest absolute Gasteiger partial charge is 0.261 e. The second-order valence-electron chi connectivity index (χ2n) is 5.63. The van der Waals surface area contributed by atoms with E-state index in [0.717, 1.165) is 30.7 Å². The number of rotatable bonds is 5. The predicted molar refractivity (Wildman–Crippen MR) is 76.7 cm³/mol. The van der Waals surface area contributed by atoms with E-state index in [4.69, 9.17) is 0 Å². The fourth-order valence-corrected chi connectivity index (χ4v) is 3.11. The Kier molecular flexibility index (Phi) is 3.76. The molecule has 1 heterocycles. The molecule has 3 N–H and O–H groups in total. The Morgan fingerprint density at radius 2 is 2.05 bits per heavy atom. The van der Waals surface area contributed by atoms with Crippen LogP contribution in [0.15, 0.2) is 12.1 Å². The van der Waals surface area contributed by atoms with Gasteiger partial charge >= 0.3 is 0 Å². The fraction of sp³-hybridized carbons (Fsp3) is 0.571. The molecule has 2 aliphatic carbocycles. The Bertz CT molecular complexity index is 518. The monoisotopic (exact) mass is 294 g/mol. The fourth-order valence-electron chi connectivity index (χ4n) is 2.29. The van der Waals surface area contributed by atoms with Gasteiger partial charge < -0.3 is 15.7 Å². The van der Waals surface area contributed by atoms with Gasteiger partial charge in [0.2, 0.25) is 5.91 Å². The van der Waals surface area contributed by atoms with Crippen molar-refractivity contribution in [3.05, 3.63) is 17.0 Å².